The summed E-state index contributed by atoms with van der Waals surface area (Å²) in [5.74, 6) is -0.784. The Kier molecular flexibility index (Phi) is 2.77. The minimum atomic E-state index is -3.83. The molecule has 0 fully saturated rings. The van der Waals surface area contributed by atoms with Gasteiger partial charge in [0, 0.05) is 16.7 Å². The summed E-state index contributed by atoms with van der Waals surface area (Å²) < 4.78 is 39.0. The molecule has 3 nitrogen and oxygen atoms in total. The highest BCUT2D eigenvalue weighted by molar-refractivity contribution is 8.13. The summed E-state index contributed by atoms with van der Waals surface area (Å²) >= 11 is 0. The van der Waals surface area contributed by atoms with Crippen molar-refractivity contribution in [1.29, 1.82) is 0 Å². The normalized spacial score (nSPS) is 11.3. The SMILES string of the molecule is COc1cc(S(=O)(=O)Cl)ccc1F. The summed E-state index contributed by atoms with van der Waals surface area (Å²) in [4.78, 5) is -0.188. The van der Waals surface area contributed by atoms with Gasteiger partial charge in [-0.1, -0.05) is 0 Å². The Labute approximate surface area is 79.5 Å². The van der Waals surface area contributed by atoms with Crippen molar-refractivity contribution in [3.63, 3.8) is 0 Å². The predicted octanol–water partition coefficient (Wildman–Crippen LogP) is 1.76. The van der Waals surface area contributed by atoms with Crippen LogP contribution in [0.1, 0.15) is 0 Å². The van der Waals surface area contributed by atoms with Gasteiger partial charge in [-0.15, -0.1) is 0 Å². The van der Waals surface area contributed by atoms with Crippen LogP contribution in [0.2, 0.25) is 0 Å². The lowest BCUT2D eigenvalue weighted by molar-refractivity contribution is 0.385. The fraction of sp³-hybridized carbons (Fsp3) is 0.143. The van der Waals surface area contributed by atoms with Crippen LogP contribution in [0, 0.1) is 5.82 Å². The van der Waals surface area contributed by atoms with E-state index in [0.717, 1.165) is 18.2 Å². The molecule has 1 aromatic rings. The van der Waals surface area contributed by atoms with Crippen molar-refractivity contribution in [2.45, 2.75) is 4.90 Å². The van der Waals surface area contributed by atoms with Crippen LogP contribution in [-0.4, -0.2) is 15.5 Å². The minimum Gasteiger partial charge on any atom is -0.494 e. The molecule has 0 aliphatic rings. The minimum absolute atomic E-state index is 0.151. The van der Waals surface area contributed by atoms with Crippen LogP contribution in [0.3, 0.4) is 0 Å². The van der Waals surface area contributed by atoms with Crippen LogP contribution in [0.4, 0.5) is 4.39 Å². The largest absolute Gasteiger partial charge is 0.494 e. The standard InChI is InChI=1S/C7H6ClFO3S/c1-12-7-4-5(13(8,10)11)2-3-6(7)9/h2-4H,1H3. The smallest absolute Gasteiger partial charge is 0.261 e. The molecule has 6 heteroatoms. The highest BCUT2D eigenvalue weighted by Crippen LogP contribution is 2.23. The van der Waals surface area contributed by atoms with E-state index in [4.69, 9.17) is 10.7 Å². The van der Waals surface area contributed by atoms with Crippen molar-refractivity contribution < 1.29 is 17.5 Å². The zero-order valence-corrected chi connectivity index (χ0v) is 8.19. The molecule has 1 aromatic carbocycles. The zero-order chi connectivity index (χ0) is 10.1. The second kappa shape index (κ2) is 3.51. The molecule has 0 radical (unpaired) electrons. The van der Waals surface area contributed by atoms with Crippen molar-refractivity contribution >= 4 is 19.7 Å². The van der Waals surface area contributed by atoms with Crippen molar-refractivity contribution in [1.82, 2.24) is 0 Å². The maximum absolute atomic E-state index is 12.8. The molecule has 0 atom stereocenters. The number of hydrogen-bond acceptors (Lipinski definition) is 3. The molecule has 0 aliphatic heterocycles. The summed E-state index contributed by atoms with van der Waals surface area (Å²) in [6.45, 7) is 0. The Morgan fingerprint density at radius 2 is 2.08 bits per heavy atom. The van der Waals surface area contributed by atoms with Crippen molar-refractivity contribution in [2.24, 2.45) is 0 Å². The van der Waals surface area contributed by atoms with Gasteiger partial charge in [0.2, 0.25) is 0 Å². The number of methoxy groups -OCH3 is 1. The van der Waals surface area contributed by atoms with Gasteiger partial charge in [0.25, 0.3) is 9.05 Å². The Balaban J connectivity index is 3.30. The summed E-state index contributed by atoms with van der Waals surface area (Å²) in [5, 5.41) is 0. The second-order valence-corrected chi connectivity index (χ2v) is 4.80. The molecule has 0 heterocycles. The van der Waals surface area contributed by atoms with Gasteiger partial charge in [-0.3, -0.25) is 0 Å². The van der Waals surface area contributed by atoms with Crippen molar-refractivity contribution in [2.75, 3.05) is 7.11 Å². The van der Waals surface area contributed by atoms with E-state index in [0.29, 0.717) is 0 Å². The first-order valence-corrected chi connectivity index (χ1v) is 5.54. The van der Waals surface area contributed by atoms with E-state index >= 15 is 0 Å². The van der Waals surface area contributed by atoms with Crippen LogP contribution >= 0.6 is 10.7 Å². The number of rotatable bonds is 2. The quantitative estimate of drug-likeness (QED) is 0.719. The van der Waals surface area contributed by atoms with Gasteiger partial charge in [-0.05, 0) is 12.1 Å². The number of ether oxygens (including phenoxy) is 1. The zero-order valence-electron chi connectivity index (χ0n) is 6.62. The first kappa shape index (κ1) is 10.3. The first-order chi connectivity index (χ1) is 5.95. The van der Waals surface area contributed by atoms with Gasteiger partial charge in [-0.25, -0.2) is 12.8 Å². The van der Waals surface area contributed by atoms with Crippen LogP contribution in [-0.2, 0) is 9.05 Å². The van der Waals surface area contributed by atoms with Gasteiger partial charge in [0.15, 0.2) is 11.6 Å². The Morgan fingerprint density at radius 3 is 2.54 bits per heavy atom. The Bertz CT molecular complexity index is 416. The van der Waals surface area contributed by atoms with Gasteiger partial charge in [0.1, 0.15) is 0 Å². The lowest BCUT2D eigenvalue weighted by Crippen LogP contribution is -1.94. The van der Waals surface area contributed by atoms with Crippen LogP contribution in [0.25, 0.3) is 0 Å². The lowest BCUT2D eigenvalue weighted by Gasteiger charge is -2.02. The molecule has 0 saturated carbocycles. The maximum Gasteiger partial charge on any atom is 0.261 e. The molecule has 0 unspecified atom stereocenters. The molecule has 1 rings (SSSR count). The second-order valence-electron chi connectivity index (χ2n) is 2.23. The average molecular weight is 225 g/mol. The fourth-order valence-corrected chi connectivity index (χ4v) is 1.56. The molecule has 0 saturated heterocycles. The first-order valence-electron chi connectivity index (χ1n) is 3.23. The summed E-state index contributed by atoms with van der Waals surface area (Å²) in [5.41, 5.74) is 0. The van der Waals surface area contributed by atoms with E-state index in [1.54, 1.807) is 0 Å². The number of halogens is 2. The average Bonchev–Trinajstić information content (AvgIpc) is 2.03. The van der Waals surface area contributed by atoms with E-state index < -0.39 is 14.9 Å². The molecule has 13 heavy (non-hydrogen) atoms. The maximum atomic E-state index is 12.8. The van der Waals surface area contributed by atoms with Gasteiger partial charge in [0.05, 0.1) is 12.0 Å². The summed E-state index contributed by atoms with van der Waals surface area (Å²) in [6, 6.07) is 3.08. The summed E-state index contributed by atoms with van der Waals surface area (Å²) in [7, 11) is 2.45. The third-order valence-corrected chi connectivity index (χ3v) is 2.76. The van der Waals surface area contributed by atoms with Crippen molar-refractivity contribution in [3.05, 3.63) is 24.0 Å². The van der Waals surface area contributed by atoms with Gasteiger partial charge in [-0.2, -0.15) is 0 Å². The molecule has 0 aromatic heterocycles. The van der Waals surface area contributed by atoms with Gasteiger partial charge >= 0.3 is 0 Å². The summed E-state index contributed by atoms with van der Waals surface area (Å²) in [6.07, 6.45) is 0. The molecular formula is C7H6ClFO3S. The van der Waals surface area contributed by atoms with Crippen molar-refractivity contribution in [3.8, 4) is 5.75 Å². The molecule has 0 aliphatic carbocycles. The number of benzene rings is 1. The monoisotopic (exact) mass is 224 g/mol. The Hall–Kier alpha value is -0.810. The predicted molar refractivity (Wildman–Crippen MR) is 46.0 cm³/mol. The molecule has 72 valence electrons. The fourth-order valence-electron chi connectivity index (χ4n) is 0.792. The molecular weight excluding hydrogens is 219 g/mol. The molecule has 0 amide bonds. The molecule has 0 bridgehead atoms. The third kappa shape index (κ3) is 2.32. The van der Waals surface area contributed by atoms with Crippen LogP contribution in [0.5, 0.6) is 5.75 Å². The molecule has 0 N–H and O–H groups in total. The van der Waals surface area contributed by atoms with Crippen LogP contribution in [0.15, 0.2) is 23.1 Å². The van der Waals surface area contributed by atoms with E-state index in [2.05, 4.69) is 4.74 Å². The lowest BCUT2D eigenvalue weighted by atomic mass is 10.3. The highest BCUT2D eigenvalue weighted by Gasteiger charge is 2.12. The number of hydrogen-bond donors (Lipinski definition) is 0. The van der Waals surface area contributed by atoms with Gasteiger partial charge < -0.3 is 4.74 Å². The van der Waals surface area contributed by atoms with E-state index in [9.17, 15) is 12.8 Å². The Morgan fingerprint density at radius 1 is 1.46 bits per heavy atom. The third-order valence-electron chi connectivity index (χ3n) is 1.40. The van der Waals surface area contributed by atoms with E-state index in [-0.39, 0.29) is 10.6 Å². The van der Waals surface area contributed by atoms with Crippen LogP contribution < -0.4 is 4.74 Å². The highest BCUT2D eigenvalue weighted by atomic mass is 35.7. The topological polar surface area (TPSA) is 43.4 Å². The molecule has 0 spiro atoms. The van der Waals surface area contributed by atoms with E-state index in [1.807, 2.05) is 0 Å². The van der Waals surface area contributed by atoms with E-state index in [1.165, 1.54) is 7.11 Å².